The quantitative estimate of drug-likeness (QED) is 0.404. The lowest BCUT2D eigenvalue weighted by atomic mass is 9.90. The SMILES string of the molecule is Cc1nc2cc(N3CCC[C@@H](c4ccccc4)C3)nc(-c3ccc(Cl)cc3F)c2c(=O)n1C. The molecule has 2 aromatic carbocycles. The van der Waals surface area contributed by atoms with E-state index in [-0.39, 0.29) is 11.1 Å². The van der Waals surface area contributed by atoms with Crippen LogP contribution in [0.15, 0.2) is 59.4 Å². The Kier molecular flexibility index (Phi) is 5.62. The first-order valence-electron chi connectivity index (χ1n) is 11.1. The summed E-state index contributed by atoms with van der Waals surface area (Å²) in [6.07, 6.45) is 2.12. The van der Waals surface area contributed by atoms with Crippen LogP contribution in [0, 0.1) is 12.7 Å². The summed E-state index contributed by atoms with van der Waals surface area (Å²) in [5.41, 5.74) is 2.11. The van der Waals surface area contributed by atoms with E-state index in [0.717, 1.165) is 25.9 Å². The zero-order chi connectivity index (χ0) is 23.1. The molecule has 0 spiro atoms. The Hall–Kier alpha value is -3.25. The van der Waals surface area contributed by atoms with Crippen LogP contribution in [-0.4, -0.2) is 27.6 Å². The number of rotatable bonds is 3. The first-order valence-corrected chi connectivity index (χ1v) is 11.4. The van der Waals surface area contributed by atoms with E-state index in [9.17, 15) is 9.18 Å². The predicted molar refractivity (Wildman–Crippen MR) is 131 cm³/mol. The van der Waals surface area contributed by atoms with Crippen LogP contribution in [0.25, 0.3) is 22.2 Å². The zero-order valence-electron chi connectivity index (χ0n) is 18.6. The molecule has 1 saturated heterocycles. The first kappa shape index (κ1) is 21.6. The summed E-state index contributed by atoms with van der Waals surface area (Å²) in [7, 11) is 1.66. The van der Waals surface area contributed by atoms with Gasteiger partial charge in [0.1, 0.15) is 17.5 Å². The van der Waals surface area contributed by atoms with E-state index in [1.54, 1.807) is 26.1 Å². The number of benzene rings is 2. The molecule has 7 heteroatoms. The summed E-state index contributed by atoms with van der Waals surface area (Å²) < 4.78 is 16.4. The van der Waals surface area contributed by atoms with Gasteiger partial charge in [-0.3, -0.25) is 9.36 Å². The summed E-state index contributed by atoms with van der Waals surface area (Å²) in [6.45, 7) is 3.43. The molecule has 0 radical (unpaired) electrons. The Labute approximate surface area is 196 Å². The van der Waals surface area contributed by atoms with E-state index in [2.05, 4.69) is 34.1 Å². The molecule has 0 N–H and O–H groups in total. The van der Waals surface area contributed by atoms with Crippen LogP contribution in [0.2, 0.25) is 5.02 Å². The molecule has 1 fully saturated rings. The molecule has 5 nitrogen and oxygen atoms in total. The van der Waals surface area contributed by atoms with Gasteiger partial charge in [0.2, 0.25) is 0 Å². The summed E-state index contributed by atoms with van der Waals surface area (Å²) in [5, 5.41) is 0.602. The molecule has 2 aromatic heterocycles. The summed E-state index contributed by atoms with van der Waals surface area (Å²) in [4.78, 5) is 24.9. The van der Waals surface area contributed by atoms with Gasteiger partial charge in [-0.25, -0.2) is 14.4 Å². The van der Waals surface area contributed by atoms with Crippen LogP contribution in [0.3, 0.4) is 0 Å². The third-order valence-corrected chi connectivity index (χ3v) is 6.71. The number of hydrogen-bond acceptors (Lipinski definition) is 4. The average molecular weight is 463 g/mol. The molecular formula is C26H24ClFN4O. The Morgan fingerprint density at radius 1 is 1.09 bits per heavy atom. The Morgan fingerprint density at radius 2 is 1.88 bits per heavy atom. The Morgan fingerprint density at radius 3 is 2.64 bits per heavy atom. The minimum Gasteiger partial charge on any atom is -0.356 e. The summed E-state index contributed by atoms with van der Waals surface area (Å²) in [5.74, 6) is 1.16. The summed E-state index contributed by atoms with van der Waals surface area (Å²) in [6, 6.07) is 16.7. The minimum atomic E-state index is -0.517. The van der Waals surface area contributed by atoms with Crippen molar-refractivity contribution in [3.63, 3.8) is 0 Å². The fourth-order valence-electron chi connectivity index (χ4n) is 4.60. The predicted octanol–water partition coefficient (Wildman–Crippen LogP) is 5.48. The topological polar surface area (TPSA) is 51.0 Å². The molecule has 0 bridgehead atoms. The monoisotopic (exact) mass is 462 g/mol. The second-order valence-electron chi connectivity index (χ2n) is 8.57. The third-order valence-electron chi connectivity index (χ3n) is 6.47. The number of piperidine rings is 1. The van der Waals surface area contributed by atoms with Crippen LogP contribution < -0.4 is 10.5 Å². The van der Waals surface area contributed by atoms with E-state index in [4.69, 9.17) is 16.6 Å². The number of halogens is 2. The molecule has 0 unspecified atom stereocenters. The molecule has 5 rings (SSSR count). The van der Waals surface area contributed by atoms with Crippen molar-refractivity contribution in [2.45, 2.75) is 25.7 Å². The average Bonchev–Trinajstić information content (AvgIpc) is 2.82. The normalized spacial score (nSPS) is 16.4. The van der Waals surface area contributed by atoms with E-state index in [1.807, 2.05) is 12.1 Å². The molecule has 0 saturated carbocycles. The van der Waals surface area contributed by atoms with Gasteiger partial charge in [0.25, 0.3) is 5.56 Å². The molecule has 3 heterocycles. The van der Waals surface area contributed by atoms with Gasteiger partial charge in [-0.1, -0.05) is 41.9 Å². The zero-order valence-corrected chi connectivity index (χ0v) is 19.3. The van der Waals surface area contributed by atoms with E-state index >= 15 is 0 Å². The number of anilines is 1. The highest BCUT2D eigenvalue weighted by Crippen LogP contribution is 2.34. The molecule has 1 aliphatic heterocycles. The summed E-state index contributed by atoms with van der Waals surface area (Å²) >= 11 is 5.98. The second-order valence-corrected chi connectivity index (χ2v) is 9.00. The van der Waals surface area contributed by atoms with Gasteiger partial charge in [0, 0.05) is 42.7 Å². The van der Waals surface area contributed by atoms with E-state index < -0.39 is 5.82 Å². The maximum Gasteiger partial charge on any atom is 0.263 e. The number of hydrogen-bond donors (Lipinski definition) is 0. The Bertz CT molecular complexity index is 1400. The van der Waals surface area contributed by atoms with Crippen molar-refractivity contribution in [2.75, 3.05) is 18.0 Å². The molecule has 168 valence electrons. The lowest BCUT2D eigenvalue weighted by Crippen LogP contribution is -2.35. The van der Waals surface area contributed by atoms with Gasteiger partial charge in [-0.15, -0.1) is 0 Å². The molecular weight excluding hydrogens is 439 g/mol. The number of pyridine rings is 1. The fourth-order valence-corrected chi connectivity index (χ4v) is 4.76. The van der Waals surface area contributed by atoms with Gasteiger partial charge in [-0.05, 0) is 43.5 Å². The number of fused-ring (bicyclic) bond motifs is 1. The van der Waals surface area contributed by atoms with Crippen molar-refractivity contribution in [3.05, 3.63) is 87.2 Å². The highest BCUT2D eigenvalue weighted by atomic mass is 35.5. The van der Waals surface area contributed by atoms with Gasteiger partial charge in [0.05, 0.1) is 16.6 Å². The molecule has 33 heavy (non-hydrogen) atoms. The van der Waals surface area contributed by atoms with Gasteiger partial charge in [0.15, 0.2) is 0 Å². The van der Waals surface area contributed by atoms with Crippen molar-refractivity contribution < 1.29 is 4.39 Å². The lowest BCUT2D eigenvalue weighted by Gasteiger charge is -2.34. The van der Waals surface area contributed by atoms with Crippen LogP contribution in [0.1, 0.15) is 30.1 Å². The fraction of sp³-hybridized carbons (Fsp3) is 0.269. The Balaban J connectivity index is 1.67. The number of aromatic nitrogens is 3. The molecule has 0 aliphatic carbocycles. The molecule has 1 aliphatic rings. The number of nitrogens with zero attached hydrogens (tertiary/aromatic N) is 4. The largest absolute Gasteiger partial charge is 0.356 e. The molecule has 1 atom stereocenters. The van der Waals surface area contributed by atoms with Crippen LogP contribution in [0.4, 0.5) is 10.2 Å². The number of aryl methyl sites for hydroxylation is 1. The van der Waals surface area contributed by atoms with Gasteiger partial charge < -0.3 is 4.90 Å². The van der Waals surface area contributed by atoms with Crippen LogP contribution >= 0.6 is 11.6 Å². The molecule has 0 amide bonds. The standard InChI is InChI=1S/C26H24ClFN4O/c1-16-29-22-14-23(32-12-6-9-18(15-32)17-7-4-3-5-8-17)30-25(24(22)26(33)31(16)2)20-11-10-19(27)13-21(20)28/h3-5,7-8,10-11,13-14,18H,6,9,12,15H2,1-2H3/t18-/m1/s1. The smallest absolute Gasteiger partial charge is 0.263 e. The highest BCUT2D eigenvalue weighted by molar-refractivity contribution is 6.30. The maximum atomic E-state index is 15.0. The van der Waals surface area contributed by atoms with Crippen LogP contribution in [0.5, 0.6) is 0 Å². The van der Waals surface area contributed by atoms with Crippen molar-refractivity contribution in [3.8, 4) is 11.3 Å². The van der Waals surface area contributed by atoms with Crippen molar-refractivity contribution in [2.24, 2.45) is 7.05 Å². The molecule has 4 aromatic rings. The second kappa shape index (κ2) is 8.60. The van der Waals surface area contributed by atoms with E-state index in [0.29, 0.717) is 39.2 Å². The third kappa shape index (κ3) is 4.00. The van der Waals surface area contributed by atoms with Crippen molar-refractivity contribution in [1.82, 2.24) is 14.5 Å². The van der Waals surface area contributed by atoms with Crippen molar-refractivity contribution in [1.29, 1.82) is 0 Å². The first-order chi connectivity index (χ1) is 15.9. The highest BCUT2D eigenvalue weighted by Gasteiger charge is 2.25. The maximum absolute atomic E-state index is 15.0. The van der Waals surface area contributed by atoms with Crippen molar-refractivity contribution >= 4 is 28.3 Å². The van der Waals surface area contributed by atoms with Gasteiger partial charge >= 0.3 is 0 Å². The van der Waals surface area contributed by atoms with Gasteiger partial charge in [-0.2, -0.15) is 0 Å². The lowest BCUT2D eigenvalue weighted by molar-refractivity contribution is 0.507. The van der Waals surface area contributed by atoms with E-state index in [1.165, 1.54) is 16.2 Å². The minimum absolute atomic E-state index is 0.241. The van der Waals surface area contributed by atoms with Crippen LogP contribution in [-0.2, 0) is 7.05 Å².